The van der Waals surface area contributed by atoms with Crippen LogP contribution in [0, 0.1) is 6.92 Å². The van der Waals surface area contributed by atoms with Crippen LogP contribution in [0.1, 0.15) is 10.7 Å². The van der Waals surface area contributed by atoms with Gasteiger partial charge < -0.3 is 15.5 Å². The van der Waals surface area contributed by atoms with E-state index in [4.69, 9.17) is 10.2 Å². The zero-order valence-corrected chi connectivity index (χ0v) is 8.34. The molecule has 0 radical (unpaired) electrons. The molecule has 4 nitrogen and oxygen atoms in total. The minimum absolute atomic E-state index is 0.204. The molecular formula is C8H14N2O2S. The average Bonchev–Trinajstić information content (AvgIpc) is 2.51. The van der Waals surface area contributed by atoms with Crippen molar-refractivity contribution in [1.29, 1.82) is 0 Å². The standard InChI is InChI=1S/C8H14N2O2S/c1-6-5-13-8(10-6)3-9-2-7(12)4-11/h5,7,9,11-12H,2-4H2,1H3/t7-/m0/s1. The van der Waals surface area contributed by atoms with Crippen molar-refractivity contribution in [3.8, 4) is 0 Å². The normalized spacial score (nSPS) is 13.2. The van der Waals surface area contributed by atoms with Crippen molar-refractivity contribution < 1.29 is 10.2 Å². The molecule has 3 N–H and O–H groups in total. The second kappa shape index (κ2) is 5.29. The molecule has 0 bridgehead atoms. The summed E-state index contributed by atoms with van der Waals surface area (Å²) in [4.78, 5) is 4.25. The number of aryl methyl sites for hydroxylation is 1. The number of rotatable bonds is 5. The van der Waals surface area contributed by atoms with E-state index < -0.39 is 6.10 Å². The summed E-state index contributed by atoms with van der Waals surface area (Å²) in [6.07, 6.45) is -0.680. The topological polar surface area (TPSA) is 65.4 Å². The monoisotopic (exact) mass is 202 g/mol. The SMILES string of the molecule is Cc1csc(CNC[C@H](O)CO)n1. The van der Waals surface area contributed by atoms with Crippen LogP contribution in [0.25, 0.3) is 0 Å². The molecule has 0 fully saturated rings. The first kappa shape index (κ1) is 10.6. The van der Waals surface area contributed by atoms with Crippen LogP contribution in [-0.2, 0) is 6.54 Å². The second-order valence-corrected chi connectivity index (χ2v) is 3.79. The number of thiazole rings is 1. The van der Waals surface area contributed by atoms with Gasteiger partial charge in [-0.3, -0.25) is 0 Å². The van der Waals surface area contributed by atoms with Crippen molar-refractivity contribution in [2.24, 2.45) is 0 Å². The van der Waals surface area contributed by atoms with Gasteiger partial charge in [0.2, 0.25) is 0 Å². The molecule has 0 saturated heterocycles. The van der Waals surface area contributed by atoms with Crippen LogP contribution >= 0.6 is 11.3 Å². The summed E-state index contributed by atoms with van der Waals surface area (Å²) in [6, 6.07) is 0. The van der Waals surface area contributed by atoms with Gasteiger partial charge in [-0.2, -0.15) is 0 Å². The summed E-state index contributed by atoms with van der Waals surface area (Å²) >= 11 is 1.59. The molecule has 0 unspecified atom stereocenters. The quantitative estimate of drug-likeness (QED) is 0.623. The minimum Gasteiger partial charge on any atom is -0.394 e. The van der Waals surface area contributed by atoms with E-state index in [0.717, 1.165) is 10.7 Å². The summed E-state index contributed by atoms with van der Waals surface area (Å²) in [5.74, 6) is 0. The molecular weight excluding hydrogens is 188 g/mol. The van der Waals surface area contributed by atoms with Gasteiger partial charge in [0.1, 0.15) is 5.01 Å². The molecule has 0 saturated carbocycles. The molecule has 1 rings (SSSR count). The predicted molar refractivity (Wildman–Crippen MR) is 51.7 cm³/mol. The Balaban J connectivity index is 2.20. The molecule has 0 spiro atoms. The molecule has 0 amide bonds. The summed E-state index contributed by atoms with van der Waals surface area (Å²) < 4.78 is 0. The molecule has 5 heteroatoms. The van der Waals surface area contributed by atoms with Gasteiger partial charge in [-0.05, 0) is 6.92 Å². The third-order valence-electron chi connectivity index (χ3n) is 1.53. The lowest BCUT2D eigenvalue weighted by atomic mass is 10.4. The van der Waals surface area contributed by atoms with Crippen molar-refractivity contribution >= 4 is 11.3 Å². The van der Waals surface area contributed by atoms with Gasteiger partial charge in [-0.1, -0.05) is 0 Å². The van der Waals surface area contributed by atoms with Crippen LogP contribution in [-0.4, -0.2) is 34.5 Å². The molecule has 0 aliphatic rings. The summed E-state index contributed by atoms with van der Waals surface area (Å²) in [7, 11) is 0. The van der Waals surface area contributed by atoms with Gasteiger partial charge in [-0.15, -0.1) is 11.3 Å². The van der Waals surface area contributed by atoms with Gasteiger partial charge in [0.15, 0.2) is 0 Å². The fourth-order valence-electron chi connectivity index (χ4n) is 0.894. The Morgan fingerprint density at radius 2 is 2.46 bits per heavy atom. The van der Waals surface area contributed by atoms with Crippen LogP contribution in [0.5, 0.6) is 0 Å². The van der Waals surface area contributed by atoms with E-state index in [0.29, 0.717) is 13.1 Å². The van der Waals surface area contributed by atoms with Crippen molar-refractivity contribution in [3.05, 3.63) is 16.1 Å². The maximum Gasteiger partial charge on any atom is 0.107 e. The molecule has 1 aromatic heterocycles. The Hall–Kier alpha value is -0.490. The third-order valence-corrected chi connectivity index (χ3v) is 2.50. The number of hydrogen-bond acceptors (Lipinski definition) is 5. The first-order valence-corrected chi connectivity index (χ1v) is 5.01. The zero-order valence-electron chi connectivity index (χ0n) is 7.53. The van der Waals surface area contributed by atoms with Crippen LogP contribution in [0.4, 0.5) is 0 Å². The number of hydrogen-bond donors (Lipinski definition) is 3. The van der Waals surface area contributed by atoms with Crippen LogP contribution < -0.4 is 5.32 Å². The van der Waals surface area contributed by atoms with Crippen LogP contribution in [0.3, 0.4) is 0 Å². The molecule has 0 aliphatic heterocycles. The average molecular weight is 202 g/mol. The van der Waals surface area contributed by atoms with E-state index in [1.165, 1.54) is 0 Å². The fourth-order valence-corrected chi connectivity index (χ4v) is 1.64. The first-order valence-electron chi connectivity index (χ1n) is 4.13. The molecule has 1 atom stereocenters. The molecule has 74 valence electrons. The largest absolute Gasteiger partial charge is 0.394 e. The fraction of sp³-hybridized carbons (Fsp3) is 0.625. The highest BCUT2D eigenvalue weighted by Crippen LogP contribution is 2.07. The van der Waals surface area contributed by atoms with Gasteiger partial charge in [0, 0.05) is 24.2 Å². The highest BCUT2D eigenvalue weighted by Gasteiger charge is 2.02. The minimum atomic E-state index is -0.680. The Morgan fingerprint density at radius 3 is 3.00 bits per heavy atom. The summed E-state index contributed by atoms with van der Waals surface area (Å²) in [6.45, 7) is 2.79. The maximum atomic E-state index is 9.01. The molecule has 1 aromatic rings. The Bertz CT molecular complexity index is 252. The lowest BCUT2D eigenvalue weighted by molar-refractivity contribution is 0.0942. The van der Waals surface area contributed by atoms with Crippen LogP contribution in [0.15, 0.2) is 5.38 Å². The number of aromatic nitrogens is 1. The molecule has 1 heterocycles. The number of nitrogens with zero attached hydrogens (tertiary/aromatic N) is 1. The van der Waals surface area contributed by atoms with Gasteiger partial charge in [-0.25, -0.2) is 4.98 Å². The van der Waals surface area contributed by atoms with Gasteiger partial charge in [0.25, 0.3) is 0 Å². The molecule has 0 aliphatic carbocycles. The first-order chi connectivity index (χ1) is 6.22. The highest BCUT2D eigenvalue weighted by molar-refractivity contribution is 7.09. The van der Waals surface area contributed by atoms with Crippen molar-refractivity contribution in [1.82, 2.24) is 10.3 Å². The molecule has 0 aromatic carbocycles. The van der Waals surface area contributed by atoms with E-state index in [-0.39, 0.29) is 6.61 Å². The van der Waals surface area contributed by atoms with Gasteiger partial charge in [0.05, 0.1) is 12.7 Å². The lowest BCUT2D eigenvalue weighted by Gasteiger charge is -2.06. The summed E-state index contributed by atoms with van der Waals surface area (Å²) in [5.41, 5.74) is 1.02. The summed E-state index contributed by atoms with van der Waals surface area (Å²) in [5, 5.41) is 23.5. The van der Waals surface area contributed by atoms with E-state index in [9.17, 15) is 0 Å². The Morgan fingerprint density at radius 1 is 1.69 bits per heavy atom. The Kier molecular flexibility index (Phi) is 4.31. The zero-order chi connectivity index (χ0) is 9.68. The van der Waals surface area contributed by atoms with Crippen molar-refractivity contribution in [2.45, 2.75) is 19.6 Å². The third kappa shape index (κ3) is 3.82. The Labute approximate surface area is 81.3 Å². The predicted octanol–water partition coefficient (Wildman–Crippen LogP) is -0.106. The van der Waals surface area contributed by atoms with Crippen molar-refractivity contribution in [3.63, 3.8) is 0 Å². The van der Waals surface area contributed by atoms with E-state index >= 15 is 0 Å². The number of aliphatic hydroxyl groups excluding tert-OH is 2. The number of nitrogens with one attached hydrogen (secondary N) is 1. The number of aliphatic hydroxyl groups is 2. The smallest absolute Gasteiger partial charge is 0.107 e. The van der Waals surface area contributed by atoms with E-state index in [1.54, 1.807) is 11.3 Å². The van der Waals surface area contributed by atoms with E-state index in [1.807, 2.05) is 12.3 Å². The molecule has 13 heavy (non-hydrogen) atoms. The van der Waals surface area contributed by atoms with Crippen molar-refractivity contribution in [2.75, 3.05) is 13.2 Å². The lowest BCUT2D eigenvalue weighted by Crippen LogP contribution is -2.28. The van der Waals surface area contributed by atoms with Gasteiger partial charge >= 0.3 is 0 Å². The van der Waals surface area contributed by atoms with Crippen LogP contribution in [0.2, 0.25) is 0 Å². The highest BCUT2D eigenvalue weighted by atomic mass is 32.1. The second-order valence-electron chi connectivity index (χ2n) is 2.85. The maximum absolute atomic E-state index is 9.01. The van der Waals surface area contributed by atoms with E-state index in [2.05, 4.69) is 10.3 Å².